The lowest BCUT2D eigenvalue weighted by molar-refractivity contribution is -0.125. The molecule has 0 aliphatic rings. The lowest BCUT2D eigenvalue weighted by Crippen LogP contribution is -2.13. The van der Waals surface area contributed by atoms with E-state index in [2.05, 4.69) is 0 Å². The molecule has 0 spiro atoms. The van der Waals surface area contributed by atoms with E-state index in [0.29, 0.717) is 25.7 Å². The molecule has 0 saturated carbocycles. The number of ketones is 2. The first-order valence-corrected chi connectivity index (χ1v) is 5.21. The van der Waals surface area contributed by atoms with Gasteiger partial charge in [0, 0.05) is 19.3 Å². The summed E-state index contributed by atoms with van der Waals surface area (Å²) in [7, 11) is 0. The minimum Gasteiger partial charge on any atom is -0.371 e. The van der Waals surface area contributed by atoms with Crippen LogP contribution in [0.4, 0.5) is 0 Å². The zero-order chi connectivity index (χ0) is 11.0. The van der Waals surface area contributed by atoms with Crippen LogP contribution in [0.5, 0.6) is 0 Å². The molecule has 0 unspecified atom stereocenters. The highest BCUT2D eigenvalue weighted by atomic mass is 16.5. The third kappa shape index (κ3) is 7.92. The van der Waals surface area contributed by atoms with Crippen LogP contribution in [0.2, 0.25) is 0 Å². The van der Waals surface area contributed by atoms with Gasteiger partial charge in [-0.05, 0) is 20.3 Å². The monoisotopic (exact) mass is 200 g/mol. The molecule has 0 aromatic carbocycles. The van der Waals surface area contributed by atoms with Crippen molar-refractivity contribution in [1.82, 2.24) is 0 Å². The standard InChI is InChI=1S/C11H20O3/c1-4-10(12)6-5-7-11(13)8-14-9(2)3/h9H,4-8H2,1-3H3. The molecule has 0 atom stereocenters. The molecule has 0 amide bonds. The van der Waals surface area contributed by atoms with E-state index in [9.17, 15) is 9.59 Å². The summed E-state index contributed by atoms with van der Waals surface area (Å²) in [6, 6.07) is 0. The maximum atomic E-state index is 11.2. The van der Waals surface area contributed by atoms with Crippen LogP contribution < -0.4 is 0 Å². The summed E-state index contributed by atoms with van der Waals surface area (Å²) in [6.45, 7) is 5.81. The first-order chi connectivity index (χ1) is 6.56. The van der Waals surface area contributed by atoms with Gasteiger partial charge in [0.25, 0.3) is 0 Å². The fourth-order valence-corrected chi connectivity index (χ4v) is 0.991. The fourth-order valence-electron chi connectivity index (χ4n) is 0.991. The van der Waals surface area contributed by atoms with Gasteiger partial charge >= 0.3 is 0 Å². The average molecular weight is 200 g/mol. The van der Waals surface area contributed by atoms with E-state index in [0.717, 1.165) is 0 Å². The Labute approximate surface area is 85.8 Å². The highest BCUT2D eigenvalue weighted by molar-refractivity contribution is 5.81. The molecule has 0 rings (SSSR count). The molecule has 0 aliphatic carbocycles. The van der Waals surface area contributed by atoms with Crippen molar-refractivity contribution < 1.29 is 14.3 Å². The van der Waals surface area contributed by atoms with E-state index in [1.54, 1.807) is 0 Å². The highest BCUT2D eigenvalue weighted by Crippen LogP contribution is 2.01. The molecule has 0 aromatic rings. The molecule has 0 N–H and O–H groups in total. The number of carbonyl (C=O) groups excluding carboxylic acids is 2. The number of ether oxygens (including phenoxy) is 1. The maximum Gasteiger partial charge on any atom is 0.158 e. The second-order valence-electron chi connectivity index (χ2n) is 3.64. The van der Waals surface area contributed by atoms with Gasteiger partial charge in [-0.2, -0.15) is 0 Å². The van der Waals surface area contributed by atoms with E-state index < -0.39 is 0 Å². The van der Waals surface area contributed by atoms with Crippen LogP contribution in [0.25, 0.3) is 0 Å². The number of Topliss-reactive ketones (excluding diaryl/α,β-unsaturated/α-hetero) is 2. The Hall–Kier alpha value is -0.700. The van der Waals surface area contributed by atoms with Crippen LogP contribution in [0, 0.1) is 0 Å². The van der Waals surface area contributed by atoms with Crippen LogP contribution >= 0.6 is 0 Å². The summed E-state index contributed by atoms with van der Waals surface area (Å²) in [5.74, 6) is 0.310. The molecule has 14 heavy (non-hydrogen) atoms. The SMILES string of the molecule is CCC(=O)CCCC(=O)COC(C)C. The Morgan fingerprint density at radius 3 is 2.21 bits per heavy atom. The highest BCUT2D eigenvalue weighted by Gasteiger charge is 2.05. The normalized spacial score (nSPS) is 10.6. The lowest BCUT2D eigenvalue weighted by Gasteiger charge is -2.05. The van der Waals surface area contributed by atoms with Crippen LogP contribution in [0.15, 0.2) is 0 Å². The Kier molecular flexibility index (Phi) is 7.30. The van der Waals surface area contributed by atoms with E-state index in [1.807, 2.05) is 20.8 Å². The third-order valence-corrected chi connectivity index (χ3v) is 1.88. The van der Waals surface area contributed by atoms with Gasteiger partial charge < -0.3 is 4.74 Å². The Bertz CT molecular complexity index is 185. The largest absolute Gasteiger partial charge is 0.371 e. The molecule has 82 valence electrons. The van der Waals surface area contributed by atoms with Crippen LogP contribution in [-0.4, -0.2) is 24.3 Å². The summed E-state index contributed by atoms with van der Waals surface area (Å²) < 4.78 is 5.15. The second kappa shape index (κ2) is 7.68. The predicted molar refractivity (Wildman–Crippen MR) is 55.2 cm³/mol. The molecule has 3 heteroatoms. The van der Waals surface area contributed by atoms with E-state index in [1.165, 1.54) is 0 Å². The van der Waals surface area contributed by atoms with Gasteiger partial charge in [-0.25, -0.2) is 0 Å². The molecular weight excluding hydrogens is 180 g/mol. The molecule has 0 saturated heterocycles. The van der Waals surface area contributed by atoms with E-state index in [-0.39, 0.29) is 24.3 Å². The van der Waals surface area contributed by atoms with Crippen molar-refractivity contribution in [1.29, 1.82) is 0 Å². The van der Waals surface area contributed by atoms with Gasteiger partial charge in [0.1, 0.15) is 12.4 Å². The smallest absolute Gasteiger partial charge is 0.158 e. The van der Waals surface area contributed by atoms with Crippen LogP contribution in [-0.2, 0) is 14.3 Å². The van der Waals surface area contributed by atoms with Crippen molar-refractivity contribution >= 4 is 11.6 Å². The van der Waals surface area contributed by atoms with E-state index >= 15 is 0 Å². The zero-order valence-electron chi connectivity index (χ0n) is 9.34. The Morgan fingerprint density at radius 1 is 1.14 bits per heavy atom. The van der Waals surface area contributed by atoms with Crippen molar-refractivity contribution in [3.05, 3.63) is 0 Å². The van der Waals surface area contributed by atoms with Gasteiger partial charge in [-0.15, -0.1) is 0 Å². The molecule has 0 aromatic heterocycles. The quantitative estimate of drug-likeness (QED) is 0.603. The number of rotatable bonds is 8. The van der Waals surface area contributed by atoms with Crippen LogP contribution in [0.3, 0.4) is 0 Å². The van der Waals surface area contributed by atoms with Crippen molar-refractivity contribution in [3.8, 4) is 0 Å². The summed E-state index contributed by atoms with van der Waals surface area (Å²) in [6.07, 6.45) is 2.29. The minimum atomic E-state index is 0.0857. The van der Waals surface area contributed by atoms with Gasteiger partial charge in [0.15, 0.2) is 5.78 Å². The molecule has 0 bridgehead atoms. The van der Waals surface area contributed by atoms with Crippen LogP contribution in [0.1, 0.15) is 46.5 Å². The predicted octanol–water partition coefficient (Wildman–Crippen LogP) is 2.13. The average Bonchev–Trinajstić information content (AvgIpc) is 2.14. The third-order valence-electron chi connectivity index (χ3n) is 1.88. The molecule has 3 nitrogen and oxygen atoms in total. The Morgan fingerprint density at radius 2 is 1.71 bits per heavy atom. The molecule has 0 radical (unpaired) electrons. The van der Waals surface area contributed by atoms with E-state index in [4.69, 9.17) is 4.74 Å². The van der Waals surface area contributed by atoms with Crippen molar-refractivity contribution in [2.24, 2.45) is 0 Å². The molecule has 0 heterocycles. The zero-order valence-corrected chi connectivity index (χ0v) is 9.34. The number of carbonyl (C=O) groups is 2. The molecule has 0 fully saturated rings. The van der Waals surface area contributed by atoms with Crippen molar-refractivity contribution in [2.75, 3.05) is 6.61 Å². The first kappa shape index (κ1) is 13.3. The summed E-state index contributed by atoms with van der Waals surface area (Å²) in [5.41, 5.74) is 0. The number of hydrogen-bond donors (Lipinski definition) is 0. The molecule has 0 aliphatic heterocycles. The minimum absolute atomic E-state index is 0.0857. The van der Waals surface area contributed by atoms with Crippen molar-refractivity contribution in [2.45, 2.75) is 52.6 Å². The number of hydrogen-bond acceptors (Lipinski definition) is 3. The summed E-state index contributed by atoms with van der Waals surface area (Å²) >= 11 is 0. The van der Waals surface area contributed by atoms with Gasteiger partial charge in [-0.3, -0.25) is 9.59 Å². The molecular formula is C11H20O3. The summed E-state index contributed by atoms with van der Waals surface area (Å²) in [5, 5.41) is 0. The fraction of sp³-hybridized carbons (Fsp3) is 0.818. The van der Waals surface area contributed by atoms with Gasteiger partial charge in [0.05, 0.1) is 6.10 Å². The first-order valence-electron chi connectivity index (χ1n) is 5.21. The maximum absolute atomic E-state index is 11.2. The summed E-state index contributed by atoms with van der Waals surface area (Å²) in [4.78, 5) is 22.1. The van der Waals surface area contributed by atoms with Gasteiger partial charge in [-0.1, -0.05) is 6.92 Å². The van der Waals surface area contributed by atoms with Crippen molar-refractivity contribution in [3.63, 3.8) is 0 Å². The second-order valence-corrected chi connectivity index (χ2v) is 3.64. The van der Waals surface area contributed by atoms with Gasteiger partial charge in [0.2, 0.25) is 0 Å². The topological polar surface area (TPSA) is 43.4 Å². The lowest BCUT2D eigenvalue weighted by atomic mass is 10.1. The Balaban J connectivity index is 3.40.